The van der Waals surface area contributed by atoms with Gasteiger partial charge in [-0.15, -0.1) is 0 Å². The normalized spacial score (nSPS) is 12.8. The van der Waals surface area contributed by atoms with Crippen molar-refractivity contribution >= 4 is 63.8 Å². The second-order valence-corrected chi connectivity index (χ2v) is 10.2. The molecule has 2 amide bonds. The number of methoxy groups -OCH3 is 1. The Labute approximate surface area is 235 Å². The predicted molar refractivity (Wildman–Crippen MR) is 151 cm³/mol. The lowest BCUT2D eigenvalue weighted by atomic mass is 10.0. The van der Waals surface area contributed by atoms with Crippen LogP contribution in [0.5, 0.6) is 17.2 Å². The Morgan fingerprint density at radius 3 is 2.44 bits per heavy atom. The molecule has 8 nitrogen and oxygen atoms in total. The van der Waals surface area contributed by atoms with Crippen molar-refractivity contribution in [2.45, 2.75) is 46.3 Å². The quantitative estimate of drug-likeness (QED) is 0.181. The molecule has 2 aromatic rings. The zero-order valence-electron chi connectivity index (χ0n) is 20.7. The molecule has 2 aromatic carbocycles. The van der Waals surface area contributed by atoms with Crippen molar-refractivity contribution in [2.24, 2.45) is 11.0 Å². The average Bonchev–Trinajstić information content (AvgIpc) is 2.80. The maximum atomic E-state index is 12.9. The Morgan fingerprint density at radius 1 is 1.11 bits per heavy atom. The van der Waals surface area contributed by atoms with Crippen molar-refractivity contribution < 1.29 is 23.8 Å². The highest BCUT2D eigenvalue weighted by Gasteiger charge is 2.25. The zero-order valence-corrected chi connectivity index (χ0v) is 24.4. The van der Waals surface area contributed by atoms with E-state index in [1.807, 2.05) is 26.8 Å². The minimum Gasteiger partial charge on any atom is -0.492 e. The van der Waals surface area contributed by atoms with E-state index < -0.39 is 24.0 Å². The standard InChI is InChI=1S/C25H30Cl2IN3O5/c1-6-35-22-11-16(10-19(28)23(22)34-5)13-29-31-25(33)20(9-14(2)3)30-24(32)15(4)36-21-8-7-17(26)12-18(21)27/h7-8,10-15,20H,6,9H2,1-5H3,(H,30,32)(H,31,33)/b29-13-/t15-,20+/m0/s1. The van der Waals surface area contributed by atoms with E-state index in [-0.39, 0.29) is 10.9 Å². The van der Waals surface area contributed by atoms with E-state index >= 15 is 0 Å². The molecule has 196 valence electrons. The van der Waals surface area contributed by atoms with Crippen LogP contribution in [0.3, 0.4) is 0 Å². The maximum absolute atomic E-state index is 12.9. The van der Waals surface area contributed by atoms with Gasteiger partial charge >= 0.3 is 0 Å². The number of halogens is 3. The van der Waals surface area contributed by atoms with Gasteiger partial charge < -0.3 is 19.5 Å². The molecule has 0 saturated heterocycles. The molecule has 0 bridgehead atoms. The summed E-state index contributed by atoms with van der Waals surface area (Å²) in [5, 5.41) is 7.55. The molecule has 0 aromatic heterocycles. The van der Waals surface area contributed by atoms with Crippen LogP contribution < -0.4 is 25.0 Å². The number of benzene rings is 2. The molecule has 36 heavy (non-hydrogen) atoms. The number of rotatable bonds is 12. The predicted octanol–water partition coefficient (Wildman–Crippen LogP) is 5.45. The van der Waals surface area contributed by atoms with Crippen LogP contribution in [0.1, 0.15) is 39.7 Å². The highest BCUT2D eigenvalue weighted by molar-refractivity contribution is 14.1. The first-order chi connectivity index (χ1) is 17.0. The Bertz CT molecular complexity index is 1100. The number of ether oxygens (including phenoxy) is 3. The van der Waals surface area contributed by atoms with Gasteiger partial charge in [-0.3, -0.25) is 9.59 Å². The minimum atomic E-state index is -0.895. The van der Waals surface area contributed by atoms with E-state index in [2.05, 4.69) is 38.4 Å². The van der Waals surface area contributed by atoms with E-state index in [1.165, 1.54) is 12.3 Å². The molecule has 0 spiro atoms. The van der Waals surface area contributed by atoms with Gasteiger partial charge in [-0.25, -0.2) is 5.43 Å². The molecule has 0 unspecified atom stereocenters. The summed E-state index contributed by atoms with van der Waals surface area (Å²) >= 11 is 14.2. The molecule has 2 atom stereocenters. The summed E-state index contributed by atoms with van der Waals surface area (Å²) in [6, 6.07) is 7.54. The van der Waals surface area contributed by atoms with Crippen LogP contribution in [0.4, 0.5) is 0 Å². The summed E-state index contributed by atoms with van der Waals surface area (Å²) < 4.78 is 17.5. The second-order valence-electron chi connectivity index (χ2n) is 8.23. The second kappa shape index (κ2) is 14.5. The molecule has 0 saturated carbocycles. The number of hydrogen-bond acceptors (Lipinski definition) is 6. The Hall–Kier alpha value is -2.24. The number of hydrazone groups is 1. The third-order valence-corrected chi connectivity index (χ3v) is 6.16. The van der Waals surface area contributed by atoms with Crippen molar-refractivity contribution in [3.8, 4) is 17.2 Å². The molecule has 0 heterocycles. The summed E-state index contributed by atoms with van der Waals surface area (Å²) in [6.45, 7) is 7.85. The van der Waals surface area contributed by atoms with E-state index in [1.54, 1.807) is 32.2 Å². The van der Waals surface area contributed by atoms with E-state index in [4.69, 9.17) is 37.4 Å². The number of carbonyl (C=O) groups excluding carboxylic acids is 2. The smallest absolute Gasteiger partial charge is 0.262 e. The fraction of sp³-hybridized carbons (Fsp3) is 0.400. The van der Waals surface area contributed by atoms with E-state index in [0.717, 1.165) is 9.13 Å². The topological polar surface area (TPSA) is 98.2 Å². The van der Waals surface area contributed by atoms with Crippen molar-refractivity contribution in [1.82, 2.24) is 10.7 Å². The molecular formula is C25H30Cl2IN3O5. The molecule has 0 aliphatic heterocycles. The van der Waals surface area contributed by atoms with Crippen LogP contribution in [0.25, 0.3) is 0 Å². The van der Waals surface area contributed by atoms with E-state index in [0.29, 0.717) is 35.3 Å². The van der Waals surface area contributed by atoms with Crippen LogP contribution >= 0.6 is 45.8 Å². The molecule has 0 aliphatic rings. The molecule has 0 radical (unpaired) electrons. The first-order valence-corrected chi connectivity index (χ1v) is 13.1. The molecule has 11 heteroatoms. The molecule has 2 rings (SSSR count). The van der Waals surface area contributed by atoms with Crippen molar-refractivity contribution in [2.75, 3.05) is 13.7 Å². The average molecular weight is 650 g/mol. The van der Waals surface area contributed by atoms with Gasteiger partial charge in [0.05, 0.1) is 28.5 Å². The summed E-state index contributed by atoms with van der Waals surface area (Å²) in [6.07, 6.45) is 1.02. The molecule has 0 aliphatic carbocycles. The number of nitrogens with zero attached hydrogens (tertiary/aromatic N) is 1. The SMILES string of the molecule is CCOc1cc(/C=N\NC(=O)[C@@H](CC(C)C)NC(=O)[C@H](C)Oc2ccc(Cl)cc2Cl)cc(I)c1OC. The van der Waals surface area contributed by atoms with Crippen LogP contribution in [-0.2, 0) is 9.59 Å². The molecule has 0 fully saturated rings. The zero-order chi connectivity index (χ0) is 26.8. The van der Waals surface area contributed by atoms with Gasteiger partial charge in [-0.2, -0.15) is 5.10 Å². The van der Waals surface area contributed by atoms with Gasteiger partial charge in [0.25, 0.3) is 11.8 Å². The Kier molecular flexibility index (Phi) is 12.1. The maximum Gasteiger partial charge on any atom is 0.262 e. The number of hydrogen-bond donors (Lipinski definition) is 2. The Balaban J connectivity index is 2.07. The summed E-state index contributed by atoms with van der Waals surface area (Å²) in [4.78, 5) is 25.6. The summed E-state index contributed by atoms with van der Waals surface area (Å²) in [5.41, 5.74) is 3.23. The van der Waals surface area contributed by atoms with Gasteiger partial charge in [0.2, 0.25) is 0 Å². The molecular weight excluding hydrogens is 620 g/mol. The number of carbonyl (C=O) groups is 2. The van der Waals surface area contributed by atoms with Crippen LogP contribution in [0.2, 0.25) is 10.0 Å². The summed E-state index contributed by atoms with van der Waals surface area (Å²) in [7, 11) is 1.58. The van der Waals surface area contributed by atoms with Gasteiger partial charge in [-0.05, 0) is 84.7 Å². The summed E-state index contributed by atoms with van der Waals surface area (Å²) in [5.74, 6) is 0.770. The van der Waals surface area contributed by atoms with E-state index in [9.17, 15) is 9.59 Å². The lowest BCUT2D eigenvalue weighted by Crippen LogP contribution is -2.49. The Morgan fingerprint density at radius 2 is 1.83 bits per heavy atom. The molecule has 2 N–H and O–H groups in total. The van der Waals surface area contributed by atoms with Crippen molar-refractivity contribution in [1.29, 1.82) is 0 Å². The lowest BCUT2D eigenvalue weighted by molar-refractivity contribution is -0.132. The van der Waals surface area contributed by atoms with Gasteiger partial charge in [0, 0.05) is 5.02 Å². The largest absolute Gasteiger partial charge is 0.492 e. The van der Waals surface area contributed by atoms with Crippen LogP contribution in [-0.4, -0.2) is 43.9 Å². The number of amides is 2. The first-order valence-electron chi connectivity index (χ1n) is 11.3. The number of nitrogens with one attached hydrogen (secondary N) is 2. The monoisotopic (exact) mass is 649 g/mol. The highest BCUT2D eigenvalue weighted by Crippen LogP contribution is 2.33. The van der Waals surface area contributed by atoms with Crippen molar-refractivity contribution in [3.63, 3.8) is 0 Å². The van der Waals surface area contributed by atoms with Crippen LogP contribution in [0.15, 0.2) is 35.4 Å². The highest BCUT2D eigenvalue weighted by atomic mass is 127. The fourth-order valence-corrected chi connectivity index (χ4v) is 4.48. The lowest BCUT2D eigenvalue weighted by Gasteiger charge is -2.22. The third-order valence-electron chi connectivity index (χ3n) is 4.83. The van der Waals surface area contributed by atoms with Gasteiger partial charge in [0.1, 0.15) is 11.8 Å². The van der Waals surface area contributed by atoms with Gasteiger partial charge in [0.15, 0.2) is 17.6 Å². The minimum absolute atomic E-state index is 0.142. The van der Waals surface area contributed by atoms with Crippen LogP contribution in [0, 0.1) is 9.49 Å². The van der Waals surface area contributed by atoms with Crippen molar-refractivity contribution in [3.05, 3.63) is 49.5 Å². The fourth-order valence-electron chi connectivity index (χ4n) is 3.18. The van der Waals surface area contributed by atoms with Gasteiger partial charge in [-0.1, -0.05) is 37.0 Å². The first kappa shape index (κ1) is 30.0. The third kappa shape index (κ3) is 9.01.